The molecule has 1 aliphatic heterocycles. The summed E-state index contributed by atoms with van der Waals surface area (Å²) in [5.74, 6) is -1.33. The van der Waals surface area contributed by atoms with E-state index in [9.17, 15) is 14.4 Å². The van der Waals surface area contributed by atoms with Gasteiger partial charge in [-0.1, -0.05) is 6.92 Å². The Morgan fingerprint density at radius 3 is 2.62 bits per heavy atom. The third-order valence-electron chi connectivity index (χ3n) is 5.29. The zero-order valence-electron chi connectivity index (χ0n) is 17.7. The molecular formula is C22H26N4O6. The van der Waals surface area contributed by atoms with E-state index in [2.05, 4.69) is 5.32 Å². The molecule has 0 spiro atoms. The summed E-state index contributed by atoms with van der Waals surface area (Å²) in [7, 11) is 0. The number of ether oxygens (including phenoxy) is 1. The second kappa shape index (κ2) is 10.1. The fourth-order valence-corrected chi connectivity index (χ4v) is 3.55. The number of nitrogen functional groups attached to an aromatic ring is 1. The number of carboxylic acids is 1. The highest BCUT2D eigenvalue weighted by atomic mass is 16.5. The number of nitrogens with one attached hydrogen (secondary N) is 2. The van der Waals surface area contributed by atoms with E-state index >= 15 is 0 Å². The fourth-order valence-electron chi connectivity index (χ4n) is 3.55. The predicted molar refractivity (Wildman–Crippen MR) is 114 cm³/mol. The van der Waals surface area contributed by atoms with E-state index in [1.807, 2.05) is 4.90 Å². The quantitative estimate of drug-likeness (QED) is 0.198. The van der Waals surface area contributed by atoms with Crippen LogP contribution in [0, 0.1) is 5.41 Å². The molecule has 3 rings (SSSR count). The summed E-state index contributed by atoms with van der Waals surface area (Å²) in [6.45, 7) is 2.67. The standard InChI is InChI=1S/C22H26N4O6/c1-2-16(21(28)29)25-20(27)17-4-3-11-26(17)12-15-9-10-18(31-15)22(30)32-14-7-5-13(6-8-14)19(23)24/h5-10,16-17H,2-4,11-12H2,1H3,(H3,23,24)(H,25,27)(H,28,29)/t16-,17?/m0/s1. The van der Waals surface area contributed by atoms with Gasteiger partial charge in [0.25, 0.3) is 0 Å². The summed E-state index contributed by atoms with van der Waals surface area (Å²) < 4.78 is 10.9. The molecule has 32 heavy (non-hydrogen) atoms. The second-order valence-corrected chi connectivity index (χ2v) is 7.53. The number of furan rings is 1. The van der Waals surface area contributed by atoms with E-state index in [-0.39, 0.29) is 23.3 Å². The summed E-state index contributed by atoms with van der Waals surface area (Å²) in [5, 5.41) is 19.1. The second-order valence-electron chi connectivity index (χ2n) is 7.53. The molecule has 0 saturated carbocycles. The number of rotatable bonds is 9. The molecular weight excluding hydrogens is 416 g/mol. The van der Waals surface area contributed by atoms with Crippen LogP contribution in [0.1, 0.15) is 48.1 Å². The first-order valence-corrected chi connectivity index (χ1v) is 10.3. The van der Waals surface area contributed by atoms with E-state index in [0.717, 1.165) is 6.42 Å². The lowest BCUT2D eigenvalue weighted by atomic mass is 10.1. The molecule has 5 N–H and O–H groups in total. The maximum atomic E-state index is 12.6. The molecule has 1 aromatic carbocycles. The Bertz CT molecular complexity index is 1000. The molecule has 1 aliphatic rings. The summed E-state index contributed by atoms with van der Waals surface area (Å²) in [4.78, 5) is 38.0. The summed E-state index contributed by atoms with van der Waals surface area (Å²) in [5.41, 5.74) is 5.92. The van der Waals surface area contributed by atoms with E-state index in [1.54, 1.807) is 25.1 Å². The maximum absolute atomic E-state index is 12.6. The first-order valence-electron chi connectivity index (χ1n) is 10.3. The van der Waals surface area contributed by atoms with Crippen molar-refractivity contribution in [1.82, 2.24) is 10.2 Å². The Hall–Kier alpha value is -3.66. The van der Waals surface area contributed by atoms with Gasteiger partial charge in [0.2, 0.25) is 11.7 Å². The Balaban J connectivity index is 1.60. The van der Waals surface area contributed by atoms with Crippen molar-refractivity contribution >= 4 is 23.7 Å². The number of nitrogens with zero attached hydrogens (tertiary/aromatic N) is 1. The first kappa shape index (κ1) is 23.0. The van der Waals surface area contributed by atoms with Gasteiger partial charge in [0.15, 0.2) is 0 Å². The minimum absolute atomic E-state index is 0.0211. The van der Waals surface area contributed by atoms with Gasteiger partial charge >= 0.3 is 11.9 Å². The highest BCUT2D eigenvalue weighted by Gasteiger charge is 2.33. The minimum atomic E-state index is -1.06. The summed E-state index contributed by atoms with van der Waals surface area (Å²) >= 11 is 0. The molecule has 0 aliphatic carbocycles. The Morgan fingerprint density at radius 2 is 2.00 bits per heavy atom. The van der Waals surface area contributed by atoms with Crippen molar-refractivity contribution in [2.75, 3.05) is 6.54 Å². The SMILES string of the molecule is CC[C@H](NC(=O)C1CCCN1Cc1ccc(C(=O)Oc2ccc(C(=N)N)cc2)o1)C(=O)O. The number of amidine groups is 1. The van der Waals surface area contributed by atoms with Crippen molar-refractivity contribution in [3.05, 3.63) is 53.5 Å². The minimum Gasteiger partial charge on any atom is -0.480 e. The molecule has 170 valence electrons. The van der Waals surface area contributed by atoms with Gasteiger partial charge in [-0.2, -0.15) is 0 Å². The van der Waals surface area contributed by atoms with Gasteiger partial charge in [0, 0.05) is 5.56 Å². The zero-order chi connectivity index (χ0) is 23.3. The monoisotopic (exact) mass is 442 g/mol. The number of nitrogens with two attached hydrogens (primary N) is 1. The number of carbonyl (C=O) groups excluding carboxylic acids is 2. The number of amides is 1. The lowest BCUT2D eigenvalue weighted by Gasteiger charge is -2.24. The predicted octanol–water partition coefficient (Wildman–Crippen LogP) is 1.73. The molecule has 10 heteroatoms. The third kappa shape index (κ3) is 5.52. The lowest BCUT2D eigenvalue weighted by Crippen LogP contribution is -2.49. The molecule has 2 atom stereocenters. The number of hydrogen-bond acceptors (Lipinski definition) is 7. The molecule has 2 heterocycles. The van der Waals surface area contributed by atoms with Crippen LogP contribution in [0.15, 0.2) is 40.8 Å². The Morgan fingerprint density at radius 1 is 1.28 bits per heavy atom. The first-order chi connectivity index (χ1) is 15.3. The number of esters is 1. The molecule has 1 saturated heterocycles. The van der Waals surface area contributed by atoms with Gasteiger partial charge in [-0.15, -0.1) is 0 Å². The van der Waals surface area contributed by atoms with Crippen LogP contribution in [0.2, 0.25) is 0 Å². The van der Waals surface area contributed by atoms with Crippen LogP contribution in [0.3, 0.4) is 0 Å². The number of carboxylic acid groups (broad SMARTS) is 1. The van der Waals surface area contributed by atoms with Crippen LogP contribution in [-0.2, 0) is 16.1 Å². The van der Waals surface area contributed by atoms with Crippen molar-refractivity contribution in [2.24, 2.45) is 5.73 Å². The van der Waals surface area contributed by atoms with Gasteiger partial charge in [-0.3, -0.25) is 15.1 Å². The van der Waals surface area contributed by atoms with Crippen molar-refractivity contribution in [3.63, 3.8) is 0 Å². The largest absolute Gasteiger partial charge is 0.480 e. The topological polar surface area (TPSA) is 159 Å². The van der Waals surface area contributed by atoms with E-state index < -0.39 is 24.0 Å². The van der Waals surface area contributed by atoms with Crippen molar-refractivity contribution in [2.45, 2.75) is 44.8 Å². The average molecular weight is 442 g/mol. The lowest BCUT2D eigenvalue weighted by molar-refractivity contribution is -0.142. The molecule has 2 aromatic rings. The summed E-state index contributed by atoms with van der Waals surface area (Å²) in [6.07, 6.45) is 1.72. The van der Waals surface area contributed by atoms with Crippen molar-refractivity contribution in [1.29, 1.82) is 5.41 Å². The number of carbonyl (C=O) groups is 3. The van der Waals surface area contributed by atoms with Crippen LogP contribution >= 0.6 is 0 Å². The fraction of sp³-hybridized carbons (Fsp3) is 0.364. The van der Waals surface area contributed by atoms with Crippen LogP contribution in [-0.4, -0.2) is 52.3 Å². The van der Waals surface area contributed by atoms with Gasteiger partial charge in [-0.05, 0) is 62.2 Å². The van der Waals surface area contributed by atoms with Gasteiger partial charge in [-0.25, -0.2) is 9.59 Å². The van der Waals surface area contributed by atoms with E-state index in [4.69, 9.17) is 25.4 Å². The number of benzene rings is 1. The van der Waals surface area contributed by atoms with Crippen LogP contribution in [0.5, 0.6) is 5.75 Å². The molecule has 0 bridgehead atoms. The highest BCUT2D eigenvalue weighted by Crippen LogP contribution is 2.22. The van der Waals surface area contributed by atoms with Crippen molar-refractivity contribution < 1.29 is 28.6 Å². The normalized spacial score (nSPS) is 17.0. The molecule has 1 unspecified atom stereocenters. The van der Waals surface area contributed by atoms with Gasteiger partial charge in [0.1, 0.15) is 23.4 Å². The molecule has 1 amide bonds. The zero-order valence-corrected chi connectivity index (χ0v) is 17.7. The van der Waals surface area contributed by atoms with E-state index in [1.165, 1.54) is 18.2 Å². The van der Waals surface area contributed by atoms with Crippen LogP contribution in [0.25, 0.3) is 0 Å². The number of likely N-dealkylation sites (tertiary alicyclic amines) is 1. The third-order valence-corrected chi connectivity index (χ3v) is 5.29. The Labute approximate surface area is 184 Å². The van der Waals surface area contributed by atoms with Crippen molar-refractivity contribution in [3.8, 4) is 5.75 Å². The number of hydrogen-bond donors (Lipinski definition) is 4. The van der Waals surface area contributed by atoms with Gasteiger partial charge < -0.3 is 25.3 Å². The molecule has 0 radical (unpaired) electrons. The number of aliphatic carboxylic acids is 1. The molecule has 1 fully saturated rings. The summed E-state index contributed by atoms with van der Waals surface area (Å²) in [6, 6.07) is 8.00. The maximum Gasteiger partial charge on any atom is 0.379 e. The van der Waals surface area contributed by atoms with Crippen LogP contribution in [0.4, 0.5) is 0 Å². The van der Waals surface area contributed by atoms with Gasteiger partial charge in [0.05, 0.1) is 12.6 Å². The Kier molecular flexibility index (Phi) is 7.26. The van der Waals surface area contributed by atoms with Crippen LogP contribution < -0.4 is 15.8 Å². The molecule has 1 aromatic heterocycles. The molecule has 10 nitrogen and oxygen atoms in total. The van der Waals surface area contributed by atoms with E-state index in [0.29, 0.717) is 37.3 Å². The highest BCUT2D eigenvalue weighted by molar-refractivity contribution is 5.95. The average Bonchev–Trinajstić information content (AvgIpc) is 3.42. The smallest absolute Gasteiger partial charge is 0.379 e.